The fourth-order valence-electron chi connectivity index (χ4n) is 2.48. The van der Waals surface area contributed by atoms with Crippen LogP contribution in [0.5, 0.6) is 0 Å². The summed E-state index contributed by atoms with van der Waals surface area (Å²) in [6.07, 6.45) is 8.65. The minimum absolute atomic E-state index is 0.0371. The van der Waals surface area contributed by atoms with Gasteiger partial charge in [-0.25, -0.2) is 0 Å². The summed E-state index contributed by atoms with van der Waals surface area (Å²) in [5, 5.41) is 0. The Labute approximate surface area is 105 Å². The number of furan rings is 1. The van der Waals surface area contributed by atoms with Gasteiger partial charge in [0, 0.05) is 18.9 Å². The number of hydrogen-bond acceptors (Lipinski definition) is 3. The molecule has 0 N–H and O–H groups in total. The van der Waals surface area contributed by atoms with Gasteiger partial charge in [-0.3, -0.25) is 9.78 Å². The second kappa shape index (κ2) is 4.64. The molecule has 0 spiro atoms. The Morgan fingerprint density at radius 1 is 1.44 bits per heavy atom. The summed E-state index contributed by atoms with van der Waals surface area (Å²) in [6, 6.07) is 5.79. The van der Waals surface area contributed by atoms with Crippen LogP contribution in [-0.2, 0) is 0 Å². The van der Waals surface area contributed by atoms with Crippen LogP contribution < -0.4 is 0 Å². The van der Waals surface area contributed by atoms with Crippen LogP contribution in [0.15, 0.2) is 47.5 Å². The molecule has 0 bridgehead atoms. The predicted molar refractivity (Wildman–Crippen MR) is 66.0 cm³/mol. The van der Waals surface area contributed by atoms with Crippen molar-refractivity contribution in [3.05, 3.63) is 54.2 Å². The van der Waals surface area contributed by atoms with Gasteiger partial charge in [-0.05, 0) is 30.5 Å². The third-order valence-corrected chi connectivity index (χ3v) is 3.35. The van der Waals surface area contributed by atoms with Crippen LogP contribution in [0, 0.1) is 0 Å². The van der Waals surface area contributed by atoms with Crippen LogP contribution in [0.3, 0.4) is 0 Å². The van der Waals surface area contributed by atoms with E-state index in [0.717, 1.165) is 24.9 Å². The summed E-state index contributed by atoms with van der Waals surface area (Å²) in [4.78, 5) is 18.4. The minimum atomic E-state index is 0.0371. The first-order valence-electron chi connectivity index (χ1n) is 6.09. The third-order valence-electron chi connectivity index (χ3n) is 3.35. The summed E-state index contributed by atoms with van der Waals surface area (Å²) >= 11 is 0. The normalized spacial score (nSPS) is 19.1. The van der Waals surface area contributed by atoms with Crippen LogP contribution in [0.1, 0.15) is 34.8 Å². The van der Waals surface area contributed by atoms with Crippen LogP contribution >= 0.6 is 0 Å². The maximum Gasteiger partial charge on any atom is 0.257 e. The topological polar surface area (TPSA) is 46.3 Å². The monoisotopic (exact) mass is 242 g/mol. The molecule has 92 valence electrons. The molecule has 0 radical (unpaired) electrons. The molecule has 4 heteroatoms. The van der Waals surface area contributed by atoms with Gasteiger partial charge in [0.05, 0.1) is 17.9 Å². The zero-order valence-corrected chi connectivity index (χ0v) is 9.95. The summed E-state index contributed by atoms with van der Waals surface area (Å²) in [5.41, 5.74) is 1.72. The Morgan fingerprint density at radius 2 is 2.39 bits per heavy atom. The number of likely N-dealkylation sites (tertiary alicyclic amines) is 1. The summed E-state index contributed by atoms with van der Waals surface area (Å²) in [7, 11) is 0. The molecule has 1 saturated heterocycles. The van der Waals surface area contributed by atoms with Crippen molar-refractivity contribution in [1.29, 1.82) is 0 Å². The second-order valence-corrected chi connectivity index (χ2v) is 4.45. The van der Waals surface area contributed by atoms with E-state index in [4.69, 9.17) is 4.42 Å². The third kappa shape index (κ3) is 1.90. The van der Waals surface area contributed by atoms with E-state index in [9.17, 15) is 4.79 Å². The lowest BCUT2D eigenvalue weighted by Crippen LogP contribution is -2.30. The standard InChI is InChI=1S/C14H14N2O2/c17-14(12-5-8-18-10-12)16-7-2-4-13(16)11-3-1-6-15-9-11/h1,3,5-6,8-10,13H,2,4,7H2. The molecule has 2 aromatic rings. The van der Waals surface area contributed by atoms with E-state index in [-0.39, 0.29) is 11.9 Å². The smallest absolute Gasteiger partial charge is 0.257 e. The molecule has 1 atom stereocenters. The number of nitrogens with zero attached hydrogens (tertiary/aromatic N) is 2. The SMILES string of the molecule is O=C(c1ccoc1)N1CCCC1c1cccnc1. The maximum absolute atomic E-state index is 12.3. The van der Waals surface area contributed by atoms with Gasteiger partial charge >= 0.3 is 0 Å². The van der Waals surface area contributed by atoms with Gasteiger partial charge in [-0.1, -0.05) is 6.07 Å². The number of hydrogen-bond donors (Lipinski definition) is 0. The average Bonchev–Trinajstić information content (AvgIpc) is 3.10. The van der Waals surface area contributed by atoms with Crippen molar-refractivity contribution in [2.45, 2.75) is 18.9 Å². The molecule has 3 heterocycles. The number of amides is 1. The molecule has 3 rings (SSSR count). The Hall–Kier alpha value is -2.10. The number of pyridine rings is 1. The highest BCUT2D eigenvalue weighted by atomic mass is 16.3. The van der Waals surface area contributed by atoms with E-state index < -0.39 is 0 Å². The largest absolute Gasteiger partial charge is 0.472 e. The molecule has 0 saturated carbocycles. The molecule has 1 fully saturated rings. The van der Waals surface area contributed by atoms with E-state index in [1.807, 2.05) is 23.2 Å². The Balaban J connectivity index is 1.86. The minimum Gasteiger partial charge on any atom is -0.472 e. The van der Waals surface area contributed by atoms with Gasteiger partial charge in [-0.15, -0.1) is 0 Å². The first-order chi connectivity index (χ1) is 8.86. The second-order valence-electron chi connectivity index (χ2n) is 4.45. The van der Waals surface area contributed by atoms with Crippen LogP contribution in [-0.4, -0.2) is 22.3 Å². The molecule has 2 aromatic heterocycles. The fraction of sp³-hybridized carbons (Fsp3) is 0.286. The van der Waals surface area contributed by atoms with Crippen LogP contribution in [0.4, 0.5) is 0 Å². The van der Waals surface area contributed by atoms with Gasteiger partial charge in [0.2, 0.25) is 0 Å². The first-order valence-corrected chi connectivity index (χ1v) is 6.09. The van der Waals surface area contributed by atoms with E-state index in [1.54, 1.807) is 12.3 Å². The lowest BCUT2D eigenvalue weighted by atomic mass is 10.1. The number of carbonyl (C=O) groups excluding carboxylic acids is 1. The maximum atomic E-state index is 12.3. The summed E-state index contributed by atoms with van der Waals surface area (Å²) < 4.78 is 4.98. The average molecular weight is 242 g/mol. The Morgan fingerprint density at radius 3 is 3.11 bits per heavy atom. The molecule has 1 aliphatic heterocycles. The molecule has 1 amide bonds. The zero-order chi connectivity index (χ0) is 12.4. The number of carbonyl (C=O) groups is 1. The van der Waals surface area contributed by atoms with Crippen molar-refractivity contribution < 1.29 is 9.21 Å². The van der Waals surface area contributed by atoms with E-state index >= 15 is 0 Å². The van der Waals surface area contributed by atoms with Crippen LogP contribution in [0.2, 0.25) is 0 Å². The molecule has 4 nitrogen and oxygen atoms in total. The first kappa shape index (κ1) is 11.0. The molecular weight excluding hydrogens is 228 g/mol. The van der Waals surface area contributed by atoms with Crippen molar-refractivity contribution in [3.8, 4) is 0 Å². The quantitative estimate of drug-likeness (QED) is 0.813. The zero-order valence-electron chi connectivity index (χ0n) is 9.95. The van der Waals surface area contributed by atoms with Gasteiger partial charge in [0.25, 0.3) is 5.91 Å². The van der Waals surface area contributed by atoms with Crippen LogP contribution in [0.25, 0.3) is 0 Å². The number of aromatic nitrogens is 1. The summed E-state index contributed by atoms with van der Waals surface area (Å²) in [5.74, 6) is 0.0371. The lowest BCUT2D eigenvalue weighted by Gasteiger charge is -2.24. The molecule has 1 unspecified atom stereocenters. The number of rotatable bonds is 2. The van der Waals surface area contributed by atoms with Crippen molar-refractivity contribution >= 4 is 5.91 Å². The van der Waals surface area contributed by atoms with Crippen molar-refractivity contribution in [2.24, 2.45) is 0 Å². The van der Waals surface area contributed by atoms with Crippen molar-refractivity contribution in [3.63, 3.8) is 0 Å². The van der Waals surface area contributed by atoms with Crippen molar-refractivity contribution in [1.82, 2.24) is 9.88 Å². The van der Waals surface area contributed by atoms with Gasteiger partial charge in [0.1, 0.15) is 6.26 Å². The molecular formula is C14H14N2O2. The van der Waals surface area contributed by atoms with Gasteiger partial charge < -0.3 is 9.32 Å². The van der Waals surface area contributed by atoms with E-state index in [1.165, 1.54) is 12.5 Å². The Kier molecular flexibility index (Phi) is 2.84. The molecule has 0 aromatic carbocycles. The lowest BCUT2D eigenvalue weighted by molar-refractivity contribution is 0.0734. The van der Waals surface area contributed by atoms with E-state index in [2.05, 4.69) is 4.98 Å². The predicted octanol–water partition coefficient (Wildman–Crippen LogP) is 2.65. The highest BCUT2D eigenvalue weighted by molar-refractivity contribution is 5.94. The van der Waals surface area contributed by atoms with Crippen molar-refractivity contribution in [2.75, 3.05) is 6.54 Å². The van der Waals surface area contributed by atoms with Gasteiger partial charge in [0.15, 0.2) is 0 Å². The van der Waals surface area contributed by atoms with Gasteiger partial charge in [-0.2, -0.15) is 0 Å². The highest BCUT2D eigenvalue weighted by Gasteiger charge is 2.30. The van der Waals surface area contributed by atoms with E-state index in [0.29, 0.717) is 5.56 Å². The Bertz CT molecular complexity index is 522. The molecule has 18 heavy (non-hydrogen) atoms. The molecule has 0 aliphatic carbocycles. The summed E-state index contributed by atoms with van der Waals surface area (Å²) in [6.45, 7) is 0.795. The fourth-order valence-corrected chi connectivity index (χ4v) is 2.48. The molecule has 1 aliphatic rings. The highest BCUT2D eigenvalue weighted by Crippen LogP contribution is 2.32.